The summed E-state index contributed by atoms with van der Waals surface area (Å²) in [5.74, 6) is -2.64. The molecule has 21 heavy (non-hydrogen) atoms. The van der Waals surface area contributed by atoms with E-state index in [2.05, 4.69) is 10.9 Å². The van der Waals surface area contributed by atoms with Gasteiger partial charge in [-0.05, 0) is 25.7 Å². The fourth-order valence-electron chi connectivity index (χ4n) is 3.42. The van der Waals surface area contributed by atoms with Crippen molar-refractivity contribution >= 4 is 17.8 Å². The molecule has 2 amide bonds. The lowest BCUT2D eigenvalue weighted by Crippen LogP contribution is -2.49. The van der Waals surface area contributed by atoms with Gasteiger partial charge >= 0.3 is 5.97 Å². The highest BCUT2D eigenvalue weighted by Crippen LogP contribution is 2.30. The number of hydrazine groups is 1. The van der Waals surface area contributed by atoms with Gasteiger partial charge in [-0.1, -0.05) is 32.1 Å². The van der Waals surface area contributed by atoms with Crippen molar-refractivity contribution in [2.24, 2.45) is 17.8 Å². The minimum atomic E-state index is -0.923. The summed E-state index contributed by atoms with van der Waals surface area (Å²) in [6, 6.07) is 0. The molecule has 2 rings (SSSR count). The quantitative estimate of drug-likeness (QED) is 0.689. The summed E-state index contributed by atoms with van der Waals surface area (Å²) in [6.07, 6.45) is 7.80. The lowest BCUT2D eigenvalue weighted by Gasteiger charge is -2.28. The molecule has 0 aliphatic heterocycles. The lowest BCUT2D eigenvalue weighted by atomic mass is 9.79. The van der Waals surface area contributed by atoms with Crippen LogP contribution >= 0.6 is 0 Å². The zero-order valence-electron chi connectivity index (χ0n) is 12.3. The van der Waals surface area contributed by atoms with E-state index < -0.39 is 17.8 Å². The Morgan fingerprint density at radius 2 is 1.24 bits per heavy atom. The predicted molar refractivity (Wildman–Crippen MR) is 75.9 cm³/mol. The van der Waals surface area contributed by atoms with Crippen LogP contribution in [-0.4, -0.2) is 22.9 Å². The van der Waals surface area contributed by atoms with Crippen molar-refractivity contribution in [1.82, 2.24) is 10.9 Å². The zero-order chi connectivity index (χ0) is 15.2. The molecule has 0 bridgehead atoms. The van der Waals surface area contributed by atoms with Gasteiger partial charge in [-0.2, -0.15) is 0 Å². The highest BCUT2D eigenvalue weighted by molar-refractivity contribution is 5.87. The normalized spacial score (nSPS) is 26.9. The molecule has 2 aliphatic carbocycles. The van der Waals surface area contributed by atoms with Gasteiger partial charge in [0.25, 0.3) is 0 Å². The molecule has 2 aliphatic rings. The predicted octanol–water partition coefficient (Wildman–Crippen LogP) is 1.61. The van der Waals surface area contributed by atoms with Crippen LogP contribution in [0.15, 0.2) is 0 Å². The number of hydrogen-bond acceptors (Lipinski definition) is 3. The summed E-state index contributed by atoms with van der Waals surface area (Å²) in [4.78, 5) is 35.3. The van der Waals surface area contributed by atoms with E-state index in [0.717, 1.165) is 38.5 Å². The highest BCUT2D eigenvalue weighted by atomic mass is 16.4. The minimum Gasteiger partial charge on any atom is -0.481 e. The SMILES string of the molecule is O=C(NNC(=O)[C@@H]1CCCC[C@@H]1C(=O)O)C1CCCCC1. The molecule has 0 spiro atoms. The Kier molecular flexibility index (Phi) is 5.59. The van der Waals surface area contributed by atoms with Gasteiger partial charge in [-0.15, -0.1) is 0 Å². The smallest absolute Gasteiger partial charge is 0.307 e. The molecule has 0 aromatic rings. The van der Waals surface area contributed by atoms with E-state index >= 15 is 0 Å². The number of aliphatic carboxylic acids is 1. The van der Waals surface area contributed by atoms with Crippen molar-refractivity contribution in [2.75, 3.05) is 0 Å². The second-order valence-electron chi connectivity index (χ2n) is 6.15. The van der Waals surface area contributed by atoms with Crippen LogP contribution in [0.1, 0.15) is 57.8 Å². The molecular weight excluding hydrogens is 272 g/mol. The number of carboxylic acid groups (broad SMARTS) is 1. The van der Waals surface area contributed by atoms with Crippen LogP contribution in [0.25, 0.3) is 0 Å². The number of nitrogens with one attached hydrogen (secondary N) is 2. The molecule has 3 N–H and O–H groups in total. The van der Waals surface area contributed by atoms with Gasteiger partial charge in [0.1, 0.15) is 0 Å². The maximum atomic E-state index is 12.1. The topological polar surface area (TPSA) is 95.5 Å². The molecule has 0 aromatic heterocycles. The first kappa shape index (κ1) is 15.8. The van der Waals surface area contributed by atoms with Gasteiger partial charge in [-0.3, -0.25) is 25.2 Å². The summed E-state index contributed by atoms with van der Waals surface area (Å²) in [7, 11) is 0. The molecule has 2 atom stereocenters. The van der Waals surface area contributed by atoms with Crippen molar-refractivity contribution in [1.29, 1.82) is 0 Å². The van der Waals surface area contributed by atoms with Crippen LogP contribution in [0.2, 0.25) is 0 Å². The van der Waals surface area contributed by atoms with E-state index in [0.29, 0.717) is 12.8 Å². The van der Waals surface area contributed by atoms with Crippen molar-refractivity contribution < 1.29 is 19.5 Å². The van der Waals surface area contributed by atoms with Crippen molar-refractivity contribution in [3.05, 3.63) is 0 Å². The second kappa shape index (κ2) is 7.43. The molecule has 0 radical (unpaired) electrons. The number of carbonyl (C=O) groups is 3. The molecule has 0 saturated heterocycles. The Morgan fingerprint density at radius 1 is 0.714 bits per heavy atom. The zero-order valence-corrected chi connectivity index (χ0v) is 12.3. The average molecular weight is 296 g/mol. The first-order chi connectivity index (χ1) is 10.1. The van der Waals surface area contributed by atoms with Gasteiger partial charge in [0, 0.05) is 5.92 Å². The third kappa shape index (κ3) is 4.19. The molecule has 6 heteroatoms. The monoisotopic (exact) mass is 296 g/mol. The maximum absolute atomic E-state index is 12.1. The minimum absolute atomic E-state index is 0.0272. The highest BCUT2D eigenvalue weighted by Gasteiger charge is 2.36. The van der Waals surface area contributed by atoms with E-state index in [1.807, 2.05) is 0 Å². The van der Waals surface area contributed by atoms with E-state index in [4.69, 9.17) is 0 Å². The molecule has 0 heterocycles. The van der Waals surface area contributed by atoms with Gasteiger partial charge in [0.15, 0.2) is 0 Å². The van der Waals surface area contributed by atoms with Gasteiger partial charge in [-0.25, -0.2) is 0 Å². The second-order valence-corrected chi connectivity index (χ2v) is 6.15. The van der Waals surface area contributed by atoms with Crippen LogP contribution in [0.5, 0.6) is 0 Å². The van der Waals surface area contributed by atoms with E-state index in [9.17, 15) is 19.5 Å². The fraction of sp³-hybridized carbons (Fsp3) is 0.800. The number of amides is 2. The number of hydrogen-bond donors (Lipinski definition) is 3. The van der Waals surface area contributed by atoms with Crippen LogP contribution < -0.4 is 10.9 Å². The molecule has 0 aromatic carbocycles. The van der Waals surface area contributed by atoms with Crippen molar-refractivity contribution in [2.45, 2.75) is 57.8 Å². The summed E-state index contributed by atoms with van der Waals surface area (Å²) in [6.45, 7) is 0. The van der Waals surface area contributed by atoms with E-state index in [1.165, 1.54) is 6.42 Å². The number of rotatable bonds is 3. The van der Waals surface area contributed by atoms with Gasteiger partial charge in [0.2, 0.25) is 11.8 Å². The number of carboxylic acids is 1. The van der Waals surface area contributed by atoms with Crippen molar-refractivity contribution in [3.8, 4) is 0 Å². The first-order valence-electron chi connectivity index (χ1n) is 7.92. The Morgan fingerprint density at radius 3 is 1.86 bits per heavy atom. The standard InChI is InChI=1S/C15H24N2O4/c18-13(10-6-2-1-3-7-10)16-17-14(19)11-8-4-5-9-12(11)15(20)21/h10-12H,1-9H2,(H,16,18)(H,17,19)(H,20,21)/t11-,12+/m1/s1. The van der Waals surface area contributed by atoms with Crippen LogP contribution in [0.3, 0.4) is 0 Å². The third-order valence-electron chi connectivity index (χ3n) is 4.70. The number of carbonyl (C=O) groups excluding carboxylic acids is 2. The maximum Gasteiger partial charge on any atom is 0.307 e. The largest absolute Gasteiger partial charge is 0.481 e. The molecule has 118 valence electrons. The summed E-state index contributed by atoms with van der Waals surface area (Å²) in [5.41, 5.74) is 4.91. The van der Waals surface area contributed by atoms with Crippen LogP contribution in [0.4, 0.5) is 0 Å². The summed E-state index contributed by atoms with van der Waals surface area (Å²) < 4.78 is 0. The lowest BCUT2D eigenvalue weighted by molar-refractivity contribution is -0.149. The molecule has 0 unspecified atom stereocenters. The van der Waals surface area contributed by atoms with Crippen molar-refractivity contribution in [3.63, 3.8) is 0 Å². The Labute approximate surface area is 124 Å². The Balaban J connectivity index is 1.82. The first-order valence-corrected chi connectivity index (χ1v) is 7.92. The van der Waals surface area contributed by atoms with E-state index in [1.54, 1.807) is 0 Å². The Bertz CT molecular complexity index is 404. The molecule has 2 fully saturated rings. The van der Waals surface area contributed by atoms with E-state index in [-0.39, 0.29) is 17.7 Å². The average Bonchev–Trinajstić information content (AvgIpc) is 2.53. The fourth-order valence-corrected chi connectivity index (χ4v) is 3.42. The molecule has 6 nitrogen and oxygen atoms in total. The molecular formula is C15H24N2O4. The van der Waals surface area contributed by atoms with Crippen LogP contribution in [-0.2, 0) is 14.4 Å². The third-order valence-corrected chi connectivity index (χ3v) is 4.70. The summed E-state index contributed by atoms with van der Waals surface area (Å²) >= 11 is 0. The van der Waals surface area contributed by atoms with Crippen LogP contribution in [0, 0.1) is 17.8 Å². The molecule has 2 saturated carbocycles. The summed E-state index contributed by atoms with van der Waals surface area (Å²) in [5, 5.41) is 9.17. The Hall–Kier alpha value is -1.59. The van der Waals surface area contributed by atoms with Gasteiger partial charge < -0.3 is 5.11 Å². The van der Waals surface area contributed by atoms with Gasteiger partial charge in [0.05, 0.1) is 11.8 Å².